The van der Waals surface area contributed by atoms with Crippen LogP contribution in [-0.2, 0) is 16.0 Å². The number of hydrogen-bond acceptors (Lipinski definition) is 3. The summed E-state index contributed by atoms with van der Waals surface area (Å²) in [6.45, 7) is 1.39. The number of fused-ring (bicyclic) bond motifs is 1. The average molecular weight is 320 g/mol. The molecule has 22 heavy (non-hydrogen) atoms. The van der Waals surface area contributed by atoms with Crippen LogP contribution in [0.25, 0.3) is 11.1 Å². The first-order chi connectivity index (χ1) is 10.5. The highest BCUT2D eigenvalue weighted by atomic mass is 35.5. The smallest absolute Gasteiger partial charge is 0.303 e. The van der Waals surface area contributed by atoms with Crippen molar-refractivity contribution in [1.82, 2.24) is 4.98 Å². The van der Waals surface area contributed by atoms with E-state index in [-0.39, 0.29) is 17.9 Å². The van der Waals surface area contributed by atoms with Crippen molar-refractivity contribution in [1.29, 1.82) is 0 Å². The van der Waals surface area contributed by atoms with E-state index >= 15 is 0 Å². The van der Waals surface area contributed by atoms with Gasteiger partial charge in [-0.3, -0.25) is 4.79 Å². The number of halogens is 2. The minimum Gasteiger partial charge on any atom is -0.456 e. The third-order valence-corrected chi connectivity index (χ3v) is 3.98. The lowest BCUT2D eigenvalue weighted by Crippen LogP contribution is -2.18. The van der Waals surface area contributed by atoms with Crippen molar-refractivity contribution in [2.75, 3.05) is 0 Å². The molecule has 1 aromatic carbocycles. The molecule has 0 amide bonds. The van der Waals surface area contributed by atoms with Crippen LogP contribution in [0.3, 0.4) is 0 Å². The van der Waals surface area contributed by atoms with E-state index in [0.29, 0.717) is 10.8 Å². The fraction of sp³-hybridized carbons (Fsp3) is 0.294. The Morgan fingerprint density at radius 1 is 1.36 bits per heavy atom. The van der Waals surface area contributed by atoms with Crippen molar-refractivity contribution in [3.8, 4) is 11.1 Å². The first kappa shape index (κ1) is 15.0. The Bertz CT molecular complexity index is 715. The molecule has 3 rings (SSSR count). The minimum absolute atomic E-state index is 0.282. The Hall–Kier alpha value is -1.94. The molecule has 1 heterocycles. The Morgan fingerprint density at radius 3 is 2.77 bits per heavy atom. The number of ether oxygens (including phenoxy) is 1. The van der Waals surface area contributed by atoms with Crippen LogP contribution in [-0.4, -0.2) is 11.0 Å². The fourth-order valence-corrected chi connectivity index (χ4v) is 3.09. The third kappa shape index (κ3) is 2.97. The Kier molecular flexibility index (Phi) is 4.12. The van der Waals surface area contributed by atoms with Crippen LogP contribution < -0.4 is 0 Å². The van der Waals surface area contributed by atoms with Crippen molar-refractivity contribution in [3.05, 3.63) is 52.6 Å². The molecule has 0 N–H and O–H groups in total. The molecule has 0 bridgehead atoms. The Morgan fingerprint density at radius 2 is 2.09 bits per heavy atom. The highest BCUT2D eigenvalue weighted by Crippen LogP contribution is 2.38. The summed E-state index contributed by atoms with van der Waals surface area (Å²) in [7, 11) is 0. The highest BCUT2D eigenvalue weighted by molar-refractivity contribution is 6.29. The number of hydrogen-bond donors (Lipinski definition) is 0. The van der Waals surface area contributed by atoms with Gasteiger partial charge in [0, 0.05) is 6.92 Å². The maximum absolute atomic E-state index is 13.1. The van der Waals surface area contributed by atoms with Crippen LogP contribution in [0, 0.1) is 5.82 Å². The van der Waals surface area contributed by atoms with Crippen molar-refractivity contribution in [2.45, 2.75) is 32.3 Å². The summed E-state index contributed by atoms with van der Waals surface area (Å²) in [5.41, 5.74) is 3.54. The third-order valence-electron chi connectivity index (χ3n) is 3.79. The zero-order chi connectivity index (χ0) is 15.7. The molecular formula is C17H15ClFNO2. The van der Waals surface area contributed by atoms with E-state index in [9.17, 15) is 9.18 Å². The normalized spacial score (nSPS) is 17.0. The summed E-state index contributed by atoms with van der Waals surface area (Å²) in [6, 6.07) is 8.06. The van der Waals surface area contributed by atoms with Gasteiger partial charge >= 0.3 is 5.97 Å². The highest BCUT2D eigenvalue weighted by Gasteiger charge is 2.27. The summed E-state index contributed by atoms with van der Waals surface area (Å²) < 4.78 is 18.5. The van der Waals surface area contributed by atoms with Crippen LogP contribution in [0.2, 0.25) is 5.15 Å². The van der Waals surface area contributed by atoms with E-state index in [2.05, 4.69) is 4.98 Å². The first-order valence-electron chi connectivity index (χ1n) is 7.17. The molecule has 1 aromatic heterocycles. The molecule has 5 heteroatoms. The topological polar surface area (TPSA) is 39.2 Å². The maximum Gasteiger partial charge on any atom is 0.303 e. The maximum atomic E-state index is 13.1. The van der Waals surface area contributed by atoms with Gasteiger partial charge < -0.3 is 4.74 Å². The van der Waals surface area contributed by atoms with Gasteiger partial charge in [-0.2, -0.15) is 0 Å². The molecule has 1 aliphatic carbocycles. The SMILES string of the molecule is CC(=O)OC1CCCc2c(-c3ccc(F)cc3)cc(Cl)nc21. The second-order valence-corrected chi connectivity index (χ2v) is 5.74. The lowest BCUT2D eigenvalue weighted by molar-refractivity contribution is -0.147. The van der Waals surface area contributed by atoms with Crippen molar-refractivity contribution >= 4 is 17.6 Å². The number of pyridine rings is 1. The van der Waals surface area contributed by atoms with Gasteiger partial charge in [0.05, 0.1) is 5.69 Å². The molecule has 1 atom stereocenters. The summed E-state index contributed by atoms with van der Waals surface area (Å²) in [5, 5.41) is 0.345. The lowest BCUT2D eigenvalue weighted by Gasteiger charge is -2.26. The van der Waals surface area contributed by atoms with Crippen LogP contribution >= 0.6 is 11.6 Å². The molecule has 1 aliphatic rings. The zero-order valence-corrected chi connectivity index (χ0v) is 12.9. The van der Waals surface area contributed by atoms with Crippen molar-refractivity contribution in [3.63, 3.8) is 0 Å². The molecule has 0 radical (unpaired) electrons. The number of aromatic nitrogens is 1. The summed E-state index contributed by atoms with van der Waals surface area (Å²) >= 11 is 6.14. The van der Waals surface area contributed by atoms with Crippen LogP contribution in [0.15, 0.2) is 30.3 Å². The number of benzene rings is 1. The number of esters is 1. The Labute approximate surface area is 133 Å². The number of nitrogens with zero attached hydrogens (tertiary/aromatic N) is 1. The van der Waals surface area contributed by atoms with Crippen molar-refractivity contribution in [2.24, 2.45) is 0 Å². The van der Waals surface area contributed by atoms with Gasteiger partial charge in [0.2, 0.25) is 0 Å². The summed E-state index contributed by atoms with van der Waals surface area (Å²) in [6.07, 6.45) is 2.12. The molecule has 0 spiro atoms. The van der Waals surface area contributed by atoms with Gasteiger partial charge in [-0.1, -0.05) is 23.7 Å². The summed E-state index contributed by atoms with van der Waals surface area (Å²) in [5.74, 6) is -0.612. The standard InChI is InChI=1S/C17H15ClFNO2/c1-10(21)22-15-4-2-3-13-14(9-16(18)20-17(13)15)11-5-7-12(19)8-6-11/h5-9,15H,2-4H2,1H3. The van der Waals surface area contributed by atoms with Crippen LogP contribution in [0.1, 0.15) is 37.1 Å². The molecule has 2 aromatic rings. The van der Waals surface area contributed by atoms with Crippen LogP contribution in [0.4, 0.5) is 4.39 Å². The van der Waals surface area contributed by atoms with E-state index < -0.39 is 0 Å². The molecule has 1 unspecified atom stereocenters. The summed E-state index contributed by atoms with van der Waals surface area (Å²) in [4.78, 5) is 15.6. The van der Waals surface area contributed by atoms with Crippen LogP contribution in [0.5, 0.6) is 0 Å². The van der Waals surface area contributed by atoms with Gasteiger partial charge in [0.15, 0.2) is 0 Å². The van der Waals surface area contributed by atoms with Gasteiger partial charge in [0.1, 0.15) is 17.1 Å². The van der Waals surface area contributed by atoms with E-state index in [0.717, 1.165) is 36.0 Å². The number of rotatable bonds is 2. The van der Waals surface area contributed by atoms with E-state index in [1.165, 1.54) is 19.1 Å². The quantitative estimate of drug-likeness (QED) is 0.605. The predicted molar refractivity (Wildman–Crippen MR) is 82.1 cm³/mol. The first-order valence-corrected chi connectivity index (χ1v) is 7.55. The van der Waals surface area contributed by atoms with Gasteiger partial charge in [0.25, 0.3) is 0 Å². The predicted octanol–water partition coefficient (Wildman–Crippen LogP) is 4.48. The number of carbonyl (C=O) groups excluding carboxylic acids is 1. The van der Waals surface area contributed by atoms with Crippen molar-refractivity contribution < 1.29 is 13.9 Å². The largest absolute Gasteiger partial charge is 0.456 e. The molecule has 114 valence electrons. The molecule has 0 fully saturated rings. The average Bonchev–Trinajstić information content (AvgIpc) is 2.47. The van der Waals surface area contributed by atoms with Gasteiger partial charge in [-0.05, 0) is 54.2 Å². The Balaban J connectivity index is 2.10. The van der Waals surface area contributed by atoms with E-state index in [1.54, 1.807) is 18.2 Å². The molecule has 0 aliphatic heterocycles. The second-order valence-electron chi connectivity index (χ2n) is 5.35. The minimum atomic E-state index is -0.362. The molecule has 0 saturated carbocycles. The molecule has 3 nitrogen and oxygen atoms in total. The monoisotopic (exact) mass is 319 g/mol. The second kappa shape index (κ2) is 6.05. The lowest BCUT2D eigenvalue weighted by atomic mass is 9.88. The molecular weight excluding hydrogens is 305 g/mol. The molecule has 0 saturated heterocycles. The van der Waals surface area contributed by atoms with E-state index in [1.807, 2.05) is 0 Å². The number of carbonyl (C=O) groups is 1. The van der Waals surface area contributed by atoms with Gasteiger partial charge in [-0.25, -0.2) is 9.37 Å². The van der Waals surface area contributed by atoms with E-state index in [4.69, 9.17) is 16.3 Å². The fourth-order valence-electron chi connectivity index (χ4n) is 2.89. The van der Waals surface area contributed by atoms with Gasteiger partial charge in [-0.15, -0.1) is 0 Å². The zero-order valence-electron chi connectivity index (χ0n) is 12.1.